The fourth-order valence-corrected chi connectivity index (χ4v) is 4.92. The molecule has 0 spiro atoms. The highest BCUT2D eigenvalue weighted by molar-refractivity contribution is 5.67. The summed E-state index contributed by atoms with van der Waals surface area (Å²) in [6, 6.07) is 20.6. The maximum absolute atomic E-state index is 13.7. The van der Waals surface area contributed by atoms with E-state index in [1.54, 1.807) is 6.07 Å². The third-order valence-electron chi connectivity index (χ3n) is 6.73. The van der Waals surface area contributed by atoms with E-state index in [0.29, 0.717) is 11.8 Å². The van der Waals surface area contributed by atoms with E-state index in [9.17, 15) is 9.50 Å². The summed E-state index contributed by atoms with van der Waals surface area (Å²) in [4.78, 5) is 2.31. The van der Waals surface area contributed by atoms with E-state index in [1.807, 2.05) is 36.4 Å². The van der Waals surface area contributed by atoms with E-state index in [0.717, 1.165) is 53.7 Å². The van der Waals surface area contributed by atoms with Crippen LogP contribution in [0.25, 0.3) is 12.2 Å². The number of hydrogen-bond acceptors (Lipinski definition) is 5. The highest BCUT2D eigenvalue weighted by Gasteiger charge is 2.40. The molecule has 0 bridgehead atoms. The van der Waals surface area contributed by atoms with Crippen LogP contribution in [-0.2, 0) is 18.4 Å². The second-order valence-corrected chi connectivity index (χ2v) is 9.03. The van der Waals surface area contributed by atoms with Gasteiger partial charge in [-0.2, -0.15) is 0 Å². The Hall–Kier alpha value is -3.93. The molecule has 6 heteroatoms. The van der Waals surface area contributed by atoms with Gasteiger partial charge in [-0.1, -0.05) is 37.3 Å². The van der Waals surface area contributed by atoms with Crippen molar-refractivity contribution in [3.05, 3.63) is 107 Å². The Balaban J connectivity index is 1.50. The number of phenolic OH excluding ortho intramolecular Hbond substituents is 1. The lowest BCUT2D eigenvalue weighted by atomic mass is 9.76. The normalized spacial score (nSPS) is 17.6. The fraction of sp³-hybridized carbons (Fsp3) is 0.241. The number of phenols is 1. The largest absolute Gasteiger partial charge is 0.508 e. The van der Waals surface area contributed by atoms with Gasteiger partial charge in [0, 0.05) is 24.7 Å². The molecule has 1 aliphatic heterocycles. The van der Waals surface area contributed by atoms with Gasteiger partial charge in [-0.25, -0.2) is 4.39 Å². The Kier molecular flexibility index (Phi) is 6.12. The van der Waals surface area contributed by atoms with Crippen molar-refractivity contribution in [2.75, 3.05) is 11.4 Å². The summed E-state index contributed by atoms with van der Waals surface area (Å²) in [7, 11) is 0. The maximum atomic E-state index is 13.7. The molecule has 1 unspecified atom stereocenters. The summed E-state index contributed by atoms with van der Waals surface area (Å²) in [5, 5.41) is 18.2. The number of nitrogens with zero attached hydrogens (tertiary/aromatic N) is 3. The average molecular weight is 470 g/mol. The zero-order chi connectivity index (χ0) is 24.4. The molecule has 0 saturated carbocycles. The lowest BCUT2D eigenvalue weighted by Crippen LogP contribution is -2.49. The molecule has 0 saturated heterocycles. The van der Waals surface area contributed by atoms with Crippen molar-refractivity contribution in [1.29, 1.82) is 0 Å². The van der Waals surface area contributed by atoms with Crippen LogP contribution >= 0.6 is 0 Å². The summed E-state index contributed by atoms with van der Waals surface area (Å²) in [6.45, 7) is 5.01. The topological polar surface area (TPSA) is 62.4 Å². The first kappa shape index (κ1) is 22.8. The standard InChI is InChI=1S/C29H28FN3O2/c1-3-4-27-31-32-28(35-27)16-7-20-5-8-22(9-6-20)29(2)26-15-14-25(34)19-21(26)17-18-33(29)24-12-10-23(30)11-13-24/h5-16,19,34H,3-4,17-18H2,1-2H3/b16-7+. The second-order valence-electron chi connectivity index (χ2n) is 9.03. The van der Waals surface area contributed by atoms with Crippen LogP contribution in [0, 0.1) is 5.82 Å². The highest BCUT2D eigenvalue weighted by Crippen LogP contribution is 2.44. The van der Waals surface area contributed by atoms with Gasteiger partial charge in [-0.05, 0) is 84.5 Å². The molecule has 5 nitrogen and oxygen atoms in total. The van der Waals surface area contributed by atoms with E-state index >= 15 is 0 Å². The van der Waals surface area contributed by atoms with Crippen LogP contribution < -0.4 is 4.90 Å². The van der Waals surface area contributed by atoms with E-state index in [2.05, 4.69) is 53.2 Å². The second kappa shape index (κ2) is 9.37. The van der Waals surface area contributed by atoms with Crippen molar-refractivity contribution in [2.45, 2.75) is 38.6 Å². The Morgan fingerprint density at radius 1 is 1.03 bits per heavy atom. The van der Waals surface area contributed by atoms with E-state index in [-0.39, 0.29) is 11.6 Å². The zero-order valence-electron chi connectivity index (χ0n) is 19.9. The van der Waals surface area contributed by atoms with Crippen molar-refractivity contribution in [2.24, 2.45) is 0 Å². The van der Waals surface area contributed by atoms with Crippen LogP contribution in [0.1, 0.15) is 54.3 Å². The molecule has 35 heavy (non-hydrogen) atoms. The molecule has 4 aromatic rings. The van der Waals surface area contributed by atoms with Gasteiger partial charge in [0.1, 0.15) is 11.6 Å². The molecular formula is C29H28FN3O2. The monoisotopic (exact) mass is 469 g/mol. The van der Waals surface area contributed by atoms with Gasteiger partial charge >= 0.3 is 0 Å². The molecule has 2 heterocycles. The van der Waals surface area contributed by atoms with Crippen LogP contribution in [0.2, 0.25) is 0 Å². The Morgan fingerprint density at radius 2 is 1.80 bits per heavy atom. The molecule has 0 aliphatic carbocycles. The summed E-state index contributed by atoms with van der Waals surface area (Å²) < 4.78 is 19.3. The molecular weight excluding hydrogens is 441 g/mol. The van der Waals surface area contributed by atoms with Crippen molar-refractivity contribution in [1.82, 2.24) is 10.2 Å². The van der Waals surface area contributed by atoms with Crippen LogP contribution in [0.4, 0.5) is 10.1 Å². The van der Waals surface area contributed by atoms with Gasteiger partial charge in [-0.3, -0.25) is 0 Å². The zero-order valence-corrected chi connectivity index (χ0v) is 19.9. The van der Waals surface area contributed by atoms with E-state index in [4.69, 9.17) is 4.42 Å². The van der Waals surface area contributed by atoms with Crippen LogP contribution in [0.5, 0.6) is 5.75 Å². The fourth-order valence-electron chi connectivity index (χ4n) is 4.92. The molecule has 3 aromatic carbocycles. The van der Waals surface area contributed by atoms with Gasteiger partial charge in [0.15, 0.2) is 0 Å². The summed E-state index contributed by atoms with van der Waals surface area (Å²) in [5.74, 6) is 1.16. The SMILES string of the molecule is CCCc1nnc(/C=C/c2ccc(C3(C)c4ccc(O)cc4CCN3c3ccc(F)cc3)cc2)o1. The number of aryl methyl sites for hydroxylation is 1. The van der Waals surface area contributed by atoms with Crippen molar-refractivity contribution in [3.8, 4) is 5.75 Å². The van der Waals surface area contributed by atoms with Gasteiger partial charge in [0.2, 0.25) is 11.8 Å². The molecule has 1 aromatic heterocycles. The molecule has 5 rings (SSSR count). The smallest absolute Gasteiger partial charge is 0.240 e. The Bertz CT molecular complexity index is 1350. The molecule has 1 atom stereocenters. The first-order valence-electron chi connectivity index (χ1n) is 11.9. The first-order valence-corrected chi connectivity index (χ1v) is 11.9. The minimum Gasteiger partial charge on any atom is -0.508 e. The first-order chi connectivity index (χ1) is 17.0. The average Bonchev–Trinajstić information content (AvgIpc) is 3.31. The van der Waals surface area contributed by atoms with Crippen LogP contribution in [0.15, 0.2) is 71.1 Å². The van der Waals surface area contributed by atoms with Crippen LogP contribution in [-0.4, -0.2) is 21.8 Å². The Labute approximate surface area is 204 Å². The third-order valence-corrected chi connectivity index (χ3v) is 6.73. The quantitative estimate of drug-likeness (QED) is 0.356. The molecule has 0 amide bonds. The summed E-state index contributed by atoms with van der Waals surface area (Å²) >= 11 is 0. The van der Waals surface area contributed by atoms with Gasteiger partial charge in [0.25, 0.3) is 0 Å². The third kappa shape index (κ3) is 4.44. The van der Waals surface area contributed by atoms with Gasteiger partial charge < -0.3 is 14.4 Å². The Morgan fingerprint density at radius 3 is 2.54 bits per heavy atom. The summed E-state index contributed by atoms with van der Waals surface area (Å²) in [6.07, 6.45) is 6.31. The predicted molar refractivity (Wildman–Crippen MR) is 136 cm³/mol. The number of aromatic nitrogens is 2. The number of halogens is 1. The minimum absolute atomic E-state index is 0.253. The lowest BCUT2D eigenvalue weighted by Gasteiger charge is -2.48. The maximum Gasteiger partial charge on any atom is 0.240 e. The molecule has 178 valence electrons. The summed E-state index contributed by atoms with van der Waals surface area (Å²) in [5.41, 5.74) is 4.83. The highest BCUT2D eigenvalue weighted by atomic mass is 19.1. The molecule has 1 N–H and O–H groups in total. The number of rotatable bonds is 6. The van der Waals surface area contributed by atoms with Crippen molar-refractivity contribution in [3.63, 3.8) is 0 Å². The number of anilines is 1. The minimum atomic E-state index is -0.497. The van der Waals surface area contributed by atoms with Crippen LogP contribution in [0.3, 0.4) is 0 Å². The van der Waals surface area contributed by atoms with Gasteiger partial charge in [-0.15, -0.1) is 10.2 Å². The molecule has 0 fully saturated rings. The van der Waals surface area contributed by atoms with Gasteiger partial charge in [0.05, 0.1) is 5.54 Å². The predicted octanol–water partition coefficient (Wildman–Crippen LogP) is 6.36. The lowest BCUT2D eigenvalue weighted by molar-refractivity contribution is 0.463. The van der Waals surface area contributed by atoms with E-state index < -0.39 is 5.54 Å². The molecule has 1 aliphatic rings. The number of benzene rings is 3. The van der Waals surface area contributed by atoms with Crippen molar-refractivity contribution < 1.29 is 13.9 Å². The van der Waals surface area contributed by atoms with Crippen molar-refractivity contribution >= 4 is 17.8 Å². The molecule has 0 radical (unpaired) electrons. The number of aromatic hydroxyl groups is 1. The van der Waals surface area contributed by atoms with E-state index in [1.165, 1.54) is 12.1 Å². The number of fused-ring (bicyclic) bond motifs is 1. The number of hydrogen-bond donors (Lipinski definition) is 1.